The van der Waals surface area contributed by atoms with Crippen LogP contribution in [-0.2, 0) is 17.8 Å². The van der Waals surface area contributed by atoms with E-state index in [2.05, 4.69) is 25.8 Å². The van der Waals surface area contributed by atoms with Crippen LogP contribution in [0.25, 0.3) is 11.5 Å². The first-order valence-electron chi connectivity index (χ1n) is 11.9. The highest BCUT2D eigenvalue weighted by Gasteiger charge is 2.23. The van der Waals surface area contributed by atoms with Gasteiger partial charge < -0.3 is 20.2 Å². The number of nitrogens with zero attached hydrogens (tertiary/aromatic N) is 3. The number of hydrogen-bond acceptors (Lipinski definition) is 7. The first-order valence-corrected chi connectivity index (χ1v) is 11.9. The van der Waals surface area contributed by atoms with Crippen LogP contribution in [0, 0.1) is 27.7 Å². The maximum atomic E-state index is 12.9. The molecule has 2 heterocycles. The van der Waals surface area contributed by atoms with Gasteiger partial charge in [0.25, 0.3) is 5.91 Å². The van der Waals surface area contributed by atoms with Gasteiger partial charge in [0.05, 0.1) is 6.54 Å². The van der Waals surface area contributed by atoms with E-state index in [4.69, 9.17) is 4.42 Å². The maximum Gasteiger partial charge on any atom is 0.326 e. The molecule has 37 heavy (non-hydrogen) atoms. The van der Waals surface area contributed by atoms with Gasteiger partial charge in [-0.1, -0.05) is 29.8 Å². The minimum absolute atomic E-state index is 0.133. The summed E-state index contributed by atoms with van der Waals surface area (Å²) in [5.41, 5.74) is 5.73. The molecule has 1 amide bonds. The molecule has 0 bridgehead atoms. The summed E-state index contributed by atoms with van der Waals surface area (Å²) in [6.07, 6.45) is 1.86. The molecule has 2 aromatic heterocycles. The summed E-state index contributed by atoms with van der Waals surface area (Å²) >= 11 is 0. The Morgan fingerprint density at radius 3 is 2.30 bits per heavy atom. The lowest BCUT2D eigenvalue weighted by Gasteiger charge is -2.17. The fourth-order valence-corrected chi connectivity index (χ4v) is 4.23. The van der Waals surface area contributed by atoms with E-state index in [0.29, 0.717) is 29.5 Å². The Morgan fingerprint density at radius 1 is 0.946 bits per heavy atom. The van der Waals surface area contributed by atoms with Crippen LogP contribution in [0.2, 0.25) is 0 Å². The Kier molecular flexibility index (Phi) is 7.62. The molecule has 0 aliphatic carbocycles. The minimum atomic E-state index is -1.10. The third kappa shape index (κ3) is 6.38. The van der Waals surface area contributed by atoms with Crippen LogP contribution >= 0.6 is 0 Å². The molecule has 1 atom stereocenters. The van der Waals surface area contributed by atoms with E-state index in [1.807, 2.05) is 52.0 Å². The third-order valence-electron chi connectivity index (χ3n) is 5.95. The van der Waals surface area contributed by atoms with E-state index >= 15 is 0 Å². The van der Waals surface area contributed by atoms with Gasteiger partial charge in [-0.25, -0.2) is 9.78 Å². The van der Waals surface area contributed by atoms with Crippen LogP contribution in [0.1, 0.15) is 44.1 Å². The van der Waals surface area contributed by atoms with Crippen LogP contribution in [0.3, 0.4) is 0 Å². The lowest BCUT2D eigenvalue weighted by atomic mass is 9.98. The van der Waals surface area contributed by atoms with Crippen LogP contribution in [-0.4, -0.2) is 38.2 Å². The van der Waals surface area contributed by atoms with Crippen molar-refractivity contribution in [1.82, 2.24) is 20.5 Å². The van der Waals surface area contributed by atoms with Gasteiger partial charge in [-0.2, -0.15) is 0 Å². The van der Waals surface area contributed by atoms with Crippen LogP contribution in [0.4, 0.5) is 5.82 Å². The molecule has 0 radical (unpaired) electrons. The predicted molar refractivity (Wildman–Crippen MR) is 139 cm³/mol. The highest BCUT2D eigenvalue weighted by Crippen LogP contribution is 2.20. The molecule has 0 spiro atoms. The van der Waals surface area contributed by atoms with E-state index in [9.17, 15) is 14.7 Å². The first kappa shape index (κ1) is 25.6. The molecule has 9 heteroatoms. The number of carbonyl (C=O) groups excluding carboxylic acids is 1. The number of benzene rings is 2. The first-order chi connectivity index (χ1) is 17.7. The lowest BCUT2D eigenvalue weighted by molar-refractivity contribution is -0.139. The summed E-state index contributed by atoms with van der Waals surface area (Å²) in [5, 5.41) is 23.7. The number of carboxylic acid groups (broad SMARTS) is 1. The molecule has 0 aliphatic rings. The summed E-state index contributed by atoms with van der Waals surface area (Å²) in [5.74, 6) is -0.00700. The van der Waals surface area contributed by atoms with Crippen molar-refractivity contribution >= 4 is 17.7 Å². The summed E-state index contributed by atoms with van der Waals surface area (Å²) in [6.45, 7) is 7.98. The van der Waals surface area contributed by atoms with Gasteiger partial charge in [0.2, 0.25) is 11.8 Å². The zero-order chi connectivity index (χ0) is 26.5. The molecule has 3 N–H and O–H groups in total. The third-order valence-corrected chi connectivity index (χ3v) is 5.95. The molecule has 0 saturated carbocycles. The number of rotatable bonds is 9. The summed E-state index contributed by atoms with van der Waals surface area (Å²) in [4.78, 5) is 29.0. The van der Waals surface area contributed by atoms with Gasteiger partial charge in [0.15, 0.2) is 0 Å². The molecule has 0 fully saturated rings. The van der Waals surface area contributed by atoms with Crippen LogP contribution in [0.5, 0.6) is 0 Å². The van der Waals surface area contributed by atoms with Crippen molar-refractivity contribution in [2.24, 2.45) is 0 Å². The van der Waals surface area contributed by atoms with Gasteiger partial charge in [-0.3, -0.25) is 4.79 Å². The second-order valence-corrected chi connectivity index (χ2v) is 9.11. The quantitative estimate of drug-likeness (QED) is 0.309. The SMILES string of the molecule is Cc1ccnc(NCc2nnc(-c3ccc(CC(NC(=O)c4c(C)cc(C)cc4C)C(=O)O)cc3)o2)c1. The standard InChI is InChI=1S/C28H29N5O4/c1-16-9-10-29-23(13-16)30-15-24-32-33-27(37-24)21-7-5-20(6-8-21)14-22(28(35)36)31-26(34)25-18(3)11-17(2)12-19(25)4/h5-13,22H,14-15H2,1-4H3,(H,29,30)(H,31,34)(H,35,36). The van der Waals surface area contributed by atoms with Crippen molar-refractivity contribution in [3.8, 4) is 11.5 Å². The van der Waals surface area contributed by atoms with Gasteiger partial charge >= 0.3 is 5.97 Å². The fourth-order valence-electron chi connectivity index (χ4n) is 4.23. The van der Waals surface area contributed by atoms with Gasteiger partial charge in [0.1, 0.15) is 11.9 Å². The highest BCUT2D eigenvalue weighted by atomic mass is 16.4. The molecular weight excluding hydrogens is 470 g/mol. The molecule has 9 nitrogen and oxygen atoms in total. The number of carboxylic acids is 1. The van der Waals surface area contributed by atoms with Crippen molar-refractivity contribution in [2.75, 3.05) is 5.32 Å². The van der Waals surface area contributed by atoms with Crippen LogP contribution in [0.15, 0.2) is 59.1 Å². The highest BCUT2D eigenvalue weighted by molar-refractivity contribution is 5.99. The molecule has 0 saturated heterocycles. The van der Waals surface area contributed by atoms with Crippen molar-refractivity contribution in [1.29, 1.82) is 0 Å². The Bertz CT molecular complexity index is 1410. The zero-order valence-corrected chi connectivity index (χ0v) is 21.2. The molecule has 4 rings (SSSR count). The Hall–Kier alpha value is -4.53. The molecular formula is C28H29N5O4. The maximum absolute atomic E-state index is 12.9. The molecule has 4 aromatic rings. The Balaban J connectivity index is 1.40. The number of pyridine rings is 1. The molecule has 190 valence electrons. The van der Waals surface area contributed by atoms with Gasteiger partial charge in [-0.15, -0.1) is 10.2 Å². The van der Waals surface area contributed by atoms with E-state index in [1.165, 1.54) is 0 Å². The number of aromatic nitrogens is 3. The van der Waals surface area contributed by atoms with E-state index in [0.717, 1.165) is 33.6 Å². The van der Waals surface area contributed by atoms with Crippen molar-refractivity contribution in [2.45, 2.75) is 46.7 Å². The number of anilines is 1. The fraction of sp³-hybridized carbons (Fsp3) is 0.250. The molecule has 2 aromatic carbocycles. The van der Waals surface area contributed by atoms with Gasteiger partial charge in [-0.05, 0) is 74.2 Å². The van der Waals surface area contributed by atoms with Crippen molar-refractivity contribution in [3.05, 3.63) is 94.0 Å². The Labute approximate surface area is 215 Å². The second-order valence-electron chi connectivity index (χ2n) is 9.11. The van der Waals surface area contributed by atoms with Crippen molar-refractivity contribution < 1.29 is 19.1 Å². The largest absolute Gasteiger partial charge is 0.480 e. The summed E-state index contributed by atoms with van der Waals surface area (Å²) < 4.78 is 5.75. The van der Waals surface area contributed by atoms with Gasteiger partial charge in [0, 0.05) is 23.7 Å². The average Bonchev–Trinajstić information content (AvgIpc) is 3.31. The monoisotopic (exact) mass is 499 g/mol. The number of nitrogens with one attached hydrogen (secondary N) is 2. The predicted octanol–water partition coefficient (Wildman–Crippen LogP) is 4.40. The number of carbonyl (C=O) groups is 2. The minimum Gasteiger partial charge on any atom is -0.480 e. The van der Waals surface area contributed by atoms with E-state index in [-0.39, 0.29) is 6.42 Å². The number of aryl methyl sites for hydroxylation is 4. The zero-order valence-electron chi connectivity index (χ0n) is 21.2. The smallest absolute Gasteiger partial charge is 0.326 e. The second kappa shape index (κ2) is 11.0. The number of amides is 1. The van der Waals surface area contributed by atoms with E-state index in [1.54, 1.807) is 30.5 Å². The van der Waals surface area contributed by atoms with E-state index < -0.39 is 17.9 Å². The van der Waals surface area contributed by atoms with Crippen LogP contribution < -0.4 is 10.6 Å². The average molecular weight is 500 g/mol. The topological polar surface area (TPSA) is 130 Å². The van der Waals surface area contributed by atoms with Crippen molar-refractivity contribution in [3.63, 3.8) is 0 Å². The lowest BCUT2D eigenvalue weighted by Crippen LogP contribution is -2.42. The molecule has 1 unspecified atom stereocenters. The summed E-state index contributed by atoms with van der Waals surface area (Å²) in [6, 6.07) is 13.7. The number of aliphatic carboxylic acids is 1. The Morgan fingerprint density at radius 2 is 1.65 bits per heavy atom. The number of hydrogen-bond donors (Lipinski definition) is 3. The normalized spacial score (nSPS) is 11.7. The summed E-state index contributed by atoms with van der Waals surface area (Å²) in [7, 11) is 0. The molecule has 0 aliphatic heterocycles.